The Morgan fingerprint density at radius 2 is 1.83 bits per heavy atom. The molecule has 0 atom stereocenters. The predicted octanol–water partition coefficient (Wildman–Crippen LogP) is 6.12. The van der Waals surface area contributed by atoms with Gasteiger partial charge in [0.25, 0.3) is 5.91 Å². The third-order valence-corrected chi connectivity index (χ3v) is 4.48. The number of halogens is 2. The molecule has 0 bridgehead atoms. The van der Waals surface area contributed by atoms with Gasteiger partial charge >= 0.3 is 0 Å². The van der Waals surface area contributed by atoms with Gasteiger partial charge in [0.1, 0.15) is 24.0 Å². The van der Waals surface area contributed by atoms with Crippen LogP contribution < -0.4 is 10.1 Å². The molecule has 29 heavy (non-hydrogen) atoms. The van der Waals surface area contributed by atoms with Crippen LogP contribution in [0.3, 0.4) is 0 Å². The van der Waals surface area contributed by atoms with Crippen molar-refractivity contribution in [1.82, 2.24) is 0 Å². The molecule has 4 nitrogen and oxygen atoms in total. The molecule has 3 aromatic rings. The lowest BCUT2D eigenvalue weighted by Gasteiger charge is -2.09. The molecule has 1 amide bonds. The van der Waals surface area contributed by atoms with Crippen molar-refractivity contribution in [3.8, 4) is 11.8 Å². The minimum Gasteiger partial charge on any atom is -0.487 e. The highest BCUT2D eigenvalue weighted by Gasteiger charge is 2.10. The van der Waals surface area contributed by atoms with Gasteiger partial charge in [0, 0.05) is 10.7 Å². The largest absolute Gasteiger partial charge is 0.487 e. The summed E-state index contributed by atoms with van der Waals surface area (Å²) in [7, 11) is 0. The van der Waals surface area contributed by atoms with Crippen molar-refractivity contribution in [3.63, 3.8) is 0 Å². The number of anilines is 1. The standard InChI is InChI=1S/C23H16Cl2N2O2/c24-19-6-4-5-17(12-19)15-29-22-10-9-16(13-21(22)25)11-18(14-26)23(28)27-20-7-2-1-3-8-20/h1-13H,15H2,(H,27,28)/b18-11+. The van der Waals surface area contributed by atoms with E-state index in [0.717, 1.165) is 5.56 Å². The van der Waals surface area contributed by atoms with Crippen LogP contribution in [0, 0.1) is 11.3 Å². The van der Waals surface area contributed by atoms with Gasteiger partial charge in [-0.1, -0.05) is 59.6 Å². The number of benzene rings is 3. The number of carbonyl (C=O) groups excluding carboxylic acids is 1. The molecule has 0 aliphatic carbocycles. The summed E-state index contributed by atoms with van der Waals surface area (Å²) in [5, 5.41) is 13.0. The molecule has 0 saturated heterocycles. The maximum Gasteiger partial charge on any atom is 0.266 e. The molecule has 0 heterocycles. The van der Waals surface area contributed by atoms with Crippen LogP contribution in [-0.4, -0.2) is 5.91 Å². The average Bonchev–Trinajstić information content (AvgIpc) is 2.72. The number of hydrogen-bond acceptors (Lipinski definition) is 3. The van der Waals surface area contributed by atoms with Crippen molar-refractivity contribution in [2.75, 3.05) is 5.32 Å². The van der Waals surface area contributed by atoms with Crippen molar-refractivity contribution >= 4 is 40.9 Å². The van der Waals surface area contributed by atoms with E-state index in [-0.39, 0.29) is 5.57 Å². The fraction of sp³-hybridized carbons (Fsp3) is 0.0435. The Bertz CT molecular complexity index is 1090. The number of hydrogen-bond donors (Lipinski definition) is 1. The predicted molar refractivity (Wildman–Crippen MR) is 116 cm³/mol. The summed E-state index contributed by atoms with van der Waals surface area (Å²) in [4.78, 5) is 12.3. The molecule has 0 aliphatic heterocycles. The maximum absolute atomic E-state index is 12.3. The molecule has 6 heteroatoms. The van der Waals surface area contributed by atoms with Gasteiger partial charge in [0.15, 0.2) is 0 Å². The Balaban J connectivity index is 1.71. The van der Waals surface area contributed by atoms with E-state index in [2.05, 4.69) is 5.32 Å². The van der Waals surface area contributed by atoms with Gasteiger partial charge in [-0.2, -0.15) is 5.26 Å². The van der Waals surface area contributed by atoms with Gasteiger partial charge in [-0.15, -0.1) is 0 Å². The van der Waals surface area contributed by atoms with Crippen LogP contribution in [0.15, 0.2) is 78.4 Å². The van der Waals surface area contributed by atoms with Crippen molar-refractivity contribution in [1.29, 1.82) is 5.26 Å². The molecule has 0 spiro atoms. The van der Waals surface area contributed by atoms with Gasteiger partial charge in [0.2, 0.25) is 0 Å². The summed E-state index contributed by atoms with van der Waals surface area (Å²) in [6.07, 6.45) is 1.48. The molecule has 0 radical (unpaired) electrons. The van der Waals surface area contributed by atoms with Crippen molar-refractivity contribution in [2.24, 2.45) is 0 Å². The molecule has 0 fully saturated rings. The maximum atomic E-state index is 12.3. The van der Waals surface area contributed by atoms with E-state index in [1.54, 1.807) is 48.5 Å². The molecule has 3 aromatic carbocycles. The number of ether oxygens (including phenoxy) is 1. The zero-order chi connectivity index (χ0) is 20.6. The zero-order valence-corrected chi connectivity index (χ0v) is 16.7. The second-order valence-corrected chi connectivity index (χ2v) is 6.94. The van der Waals surface area contributed by atoms with E-state index < -0.39 is 5.91 Å². The molecule has 0 aromatic heterocycles. The number of para-hydroxylation sites is 1. The highest BCUT2D eigenvalue weighted by atomic mass is 35.5. The van der Waals surface area contributed by atoms with Crippen molar-refractivity contribution in [2.45, 2.75) is 6.61 Å². The molecule has 3 rings (SSSR count). The van der Waals surface area contributed by atoms with E-state index in [1.807, 2.05) is 30.3 Å². The Hall–Kier alpha value is -3.26. The number of nitrogens with one attached hydrogen (secondary N) is 1. The van der Waals surface area contributed by atoms with Crippen LogP contribution in [0.5, 0.6) is 5.75 Å². The van der Waals surface area contributed by atoms with E-state index in [4.69, 9.17) is 27.9 Å². The van der Waals surface area contributed by atoms with Crippen LogP contribution in [0.4, 0.5) is 5.69 Å². The normalized spacial score (nSPS) is 10.9. The highest BCUT2D eigenvalue weighted by Crippen LogP contribution is 2.27. The minimum absolute atomic E-state index is 0.0301. The first-order chi connectivity index (χ1) is 14.0. The van der Waals surface area contributed by atoms with Gasteiger partial charge in [-0.3, -0.25) is 4.79 Å². The van der Waals surface area contributed by atoms with Crippen molar-refractivity contribution in [3.05, 3.63) is 99.5 Å². The molecular weight excluding hydrogens is 407 g/mol. The first kappa shape index (κ1) is 20.5. The fourth-order valence-electron chi connectivity index (χ4n) is 2.55. The Morgan fingerprint density at radius 1 is 1.03 bits per heavy atom. The number of nitriles is 1. The Morgan fingerprint density at radius 3 is 2.52 bits per heavy atom. The average molecular weight is 423 g/mol. The van der Waals surface area contributed by atoms with E-state index in [9.17, 15) is 10.1 Å². The summed E-state index contributed by atoms with van der Waals surface area (Å²) >= 11 is 12.3. The lowest BCUT2D eigenvalue weighted by atomic mass is 10.1. The van der Waals surface area contributed by atoms with Crippen LogP contribution in [-0.2, 0) is 11.4 Å². The van der Waals surface area contributed by atoms with Gasteiger partial charge in [-0.25, -0.2) is 0 Å². The SMILES string of the molecule is N#C/C(=C\c1ccc(OCc2cccc(Cl)c2)c(Cl)c1)C(=O)Nc1ccccc1. The van der Waals surface area contributed by atoms with Gasteiger partial charge in [-0.05, 0) is 53.6 Å². The highest BCUT2D eigenvalue weighted by molar-refractivity contribution is 6.32. The van der Waals surface area contributed by atoms with Crippen LogP contribution in [0.2, 0.25) is 10.0 Å². The van der Waals surface area contributed by atoms with Crippen molar-refractivity contribution < 1.29 is 9.53 Å². The molecule has 0 unspecified atom stereocenters. The topological polar surface area (TPSA) is 62.1 Å². The summed E-state index contributed by atoms with van der Waals surface area (Å²) in [5.41, 5.74) is 2.12. The molecule has 1 N–H and O–H groups in total. The third-order valence-electron chi connectivity index (χ3n) is 3.95. The molecule has 144 valence electrons. The lowest BCUT2D eigenvalue weighted by Crippen LogP contribution is -2.13. The molecule has 0 saturated carbocycles. The minimum atomic E-state index is -0.490. The van der Waals surface area contributed by atoms with E-state index in [1.165, 1.54) is 6.08 Å². The summed E-state index contributed by atoms with van der Waals surface area (Å²) in [5.74, 6) is 0.00661. The number of amides is 1. The van der Waals surface area contributed by atoms with Crippen LogP contribution in [0.25, 0.3) is 6.08 Å². The number of rotatable bonds is 6. The quantitative estimate of drug-likeness (QED) is 0.384. The number of carbonyl (C=O) groups is 1. The first-order valence-electron chi connectivity index (χ1n) is 8.70. The monoisotopic (exact) mass is 422 g/mol. The zero-order valence-electron chi connectivity index (χ0n) is 15.2. The summed E-state index contributed by atoms with van der Waals surface area (Å²) in [6.45, 7) is 0.318. The Kier molecular flexibility index (Phi) is 6.91. The number of nitrogens with zero attached hydrogens (tertiary/aromatic N) is 1. The lowest BCUT2D eigenvalue weighted by molar-refractivity contribution is -0.112. The second-order valence-electron chi connectivity index (χ2n) is 6.10. The first-order valence-corrected chi connectivity index (χ1v) is 9.46. The fourth-order valence-corrected chi connectivity index (χ4v) is 3.00. The van der Waals surface area contributed by atoms with E-state index in [0.29, 0.717) is 33.7 Å². The smallest absolute Gasteiger partial charge is 0.266 e. The third kappa shape index (κ3) is 5.86. The summed E-state index contributed by atoms with van der Waals surface area (Å²) in [6, 6.07) is 23.3. The van der Waals surface area contributed by atoms with E-state index >= 15 is 0 Å². The van der Waals surface area contributed by atoms with Gasteiger partial charge < -0.3 is 10.1 Å². The molecular formula is C23H16Cl2N2O2. The van der Waals surface area contributed by atoms with Gasteiger partial charge in [0.05, 0.1) is 5.02 Å². The Labute approximate surface area is 179 Å². The van der Waals surface area contributed by atoms with Crippen LogP contribution in [0.1, 0.15) is 11.1 Å². The second kappa shape index (κ2) is 9.79. The van der Waals surface area contributed by atoms with Crippen LogP contribution >= 0.6 is 23.2 Å². The molecule has 0 aliphatic rings. The summed E-state index contributed by atoms with van der Waals surface area (Å²) < 4.78 is 5.74.